The van der Waals surface area contributed by atoms with Gasteiger partial charge < -0.3 is 20.1 Å². The zero-order valence-electron chi connectivity index (χ0n) is 12.3. The van der Waals surface area contributed by atoms with E-state index in [0.29, 0.717) is 5.69 Å². The Labute approximate surface area is 122 Å². The maximum atomic E-state index is 12.3. The molecule has 1 atom stereocenters. The van der Waals surface area contributed by atoms with Crippen molar-refractivity contribution < 1.29 is 23.0 Å². The van der Waals surface area contributed by atoms with Crippen molar-refractivity contribution in [2.45, 2.75) is 32.9 Å². The summed E-state index contributed by atoms with van der Waals surface area (Å²) in [6.07, 6.45) is 0.905. The minimum absolute atomic E-state index is 0.125. The summed E-state index contributed by atoms with van der Waals surface area (Å²) in [5.74, 6) is -0.213. The number of methoxy groups -OCH3 is 1. The molecule has 0 heterocycles. The van der Waals surface area contributed by atoms with Crippen LogP contribution in [0.15, 0.2) is 18.2 Å². The van der Waals surface area contributed by atoms with E-state index >= 15 is 0 Å². The van der Waals surface area contributed by atoms with Gasteiger partial charge in [-0.1, -0.05) is 6.92 Å². The lowest BCUT2D eigenvalue weighted by molar-refractivity contribution is -0.115. The minimum Gasteiger partial charge on any atom is -0.493 e. The summed E-state index contributed by atoms with van der Waals surface area (Å²) in [7, 11) is 1.35. The molecule has 7 heteroatoms. The highest BCUT2D eigenvalue weighted by molar-refractivity contribution is 5.92. The lowest BCUT2D eigenvalue weighted by atomic mass is 10.2. The lowest BCUT2D eigenvalue weighted by Gasteiger charge is -2.13. The number of amides is 1. The van der Waals surface area contributed by atoms with Gasteiger partial charge in [-0.05, 0) is 25.5 Å². The van der Waals surface area contributed by atoms with Crippen molar-refractivity contribution in [3.63, 3.8) is 0 Å². The van der Waals surface area contributed by atoms with Gasteiger partial charge in [0.15, 0.2) is 11.5 Å². The number of hydrogen-bond donors (Lipinski definition) is 2. The summed E-state index contributed by atoms with van der Waals surface area (Å²) < 4.78 is 33.9. The fourth-order valence-electron chi connectivity index (χ4n) is 1.56. The van der Waals surface area contributed by atoms with Crippen LogP contribution < -0.4 is 20.1 Å². The van der Waals surface area contributed by atoms with Gasteiger partial charge in [-0.2, -0.15) is 8.78 Å². The largest absolute Gasteiger partial charge is 0.493 e. The molecule has 0 bridgehead atoms. The molecule has 21 heavy (non-hydrogen) atoms. The Balaban J connectivity index is 2.68. The van der Waals surface area contributed by atoms with Crippen LogP contribution in [0.4, 0.5) is 14.5 Å². The van der Waals surface area contributed by atoms with E-state index in [2.05, 4.69) is 15.4 Å². The summed E-state index contributed by atoms with van der Waals surface area (Å²) in [5, 5.41) is 5.64. The molecule has 0 aromatic heterocycles. The van der Waals surface area contributed by atoms with Gasteiger partial charge in [-0.15, -0.1) is 0 Å². The molecule has 118 valence electrons. The maximum absolute atomic E-state index is 12.3. The van der Waals surface area contributed by atoms with E-state index in [1.165, 1.54) is 19.2 Å². The van der Waals surface area contributed by atoms with Crippen molar-refractivity contribution in [3.05, 3.63) is 18.2 Å². The molecule has 1 aromatic carbocycles. The second kappa shape index (κ2) is 8.41. The van der Waals surface area contributed by atoms with Gasteiger partial charge in [0, 0.05) is 17.8 Å². The Morgan fingerprint density at radius 2 is 2.05 bits per heavy atom. The molecule has 1 rings (SSSR count). The van der Waals surface area contributed by atoms with Crippen LogP contribution >= 0.6 is 0 Å². The predicted octanol–water partition coefficient (Wildman–Crippen LogP) is 2.62. The van der Waals surface area contributed by atoms with Gasteiger partial charge in [-0.3, -0.25) is 4.79 Å². The second-order valence-electron chi connectivity index (χ2n) is 4.48. The maximum Gasteiger partial charge on any atom is 0.387 e. The average molecular weight is 302 g/mol. The van der Waals surface area contributed by atoms with Crippen LogP contribution in [0, 0.1) is 0 Å². The minimum atomic E-state index is -2.96. The Bertz CT molecular complexity index is 470. The molecule has 0 fully saturated rings. The van der Waals surface area contributed by atoms with Crippen LogP contribution in [0.3, 0.4) is 0 Å². The van der Waals surface area contributed by atoms with Crippen molar-refractivity contribution >= 4 is 11.6 Å². The van der Waals surface area contributed by atoms with E-state index in [9.17, 15) is 13.6 Å². The number of benzene rings is 1. The van der Waals surface area contributed by atoms with Crippen molar-refractivity contribution in [1.82, 2.24) is 5.32 Å². The van der Waals surface area contributed by atoms with E-state index in [0.717, 1.165) is 6.42 Å². The van der Waals surface area contributed by atoms with Gasteiger partial charge in [-0.25, -0.2) is 0 Å². The average Bonchev–Trinajstić information content (AvgIpc) is 2.44. The molecule has 5 nitrogen and oxygen atoms in total. The summed E-state index contributed by atoms with van der Waals surface area (Å²) in [6.45, 7) is 1.16. The number of carbonyl (C=O) groups is 1. The fraction of sp³-hybridized carbons (Fsp3) is 0.500. The van der Waals surface area contributed by atoms with E-state index < -0.39 is 6.61 Å². The van der Waals surface area contributed by atoms with Gasteiger partial charge in [0.2, 0.25) is 5.91 Å². The highest BCUT2D eigenvalue weighted by Gasteiger charge is 2.12. The quantitative estimate of drug-likeness (QED) is 0.775. The third-order valence-electron chi connectivity index (χ3n) is 2.89. The van der Waals surface area contributed by atoms with Gasteiger partial charge in [0.05, 0.1) is 13.7 Å². The first-order valence-corrected chi connectivity index (χ1v) is 6.62. The summed E-state index contributed by atoms with van der Waals surface area (Å²) >= 11 is 0. The molecule has 1 unspecified atom stereocenters. The van der Waals surface area contributed by atoms with Gasteiger partial charge in [0.1, 0.15) is 0 Å². The highest BCUT2D eigenvalue weighted by atomic mass is 19.3. The Kier molecular flexibility index (Phi) is 6.87. The van der Waals surface area contributed by atoms with Crippen LogP contribution in [0.1, 0.15) is 20.3 Å². The lowest BCUT2D eigenvalue weighted by Crippen LogP contribution is -2.33. The molecule has 2 N–H and O–H groups in total. The van der Waals surface area contributed by atoms with Crippen molar-refractivity contribution in [2.75, 3.05) is 19.0 Å². The molecule has 0 aliphatic heterocycles. The number of hydrogen-bond acceptors (Lipinski definition) is 4. The zero-order chi connectivity index (χ0) is 15.8. The second-order valence-corrected chi connectivity index (χ2v) is 4.48. The number of halogens is 2. The monoisotopic (exact) mass is 302 g/mol. The fourth-order valence-corrected chi connectivity index (χ4v) is 1.56. The van der Waals surface area contributed by atoms with Crippen LogP contribution in [-0.4, -0.2) is 32.2 Å². The number of ether oxygens (including phenoxy) is 2. The number of carbonyl (C=O) groups excluding carboxylic acids is 1. The normalized spacial score (nSPS) is 12.1. The first-order chi connectivity index (χ1) is 9.96. The Morgan fingerprint density at radius 3 is 2.62 bits per heavy atom. The molecule has 0 saturated carbocycles. The summed E-state index contributed by atoms with van der Waals surface area (Å²) in [5.41, 5.74) is 0.363. The number of anilines is 1. The van der Waals surface area contributed by atoms with Crippen molar-refractivity contribution in [1.29, 1.82) is 0 Å². The molecule has 0 radical (unpaired) electrons. The third kappa shape index (κ3) is 5.95. The standard InChI is InChI=1S/C14H20F2N2O3/c1-4-9(2)17-8-13(19)18-10-5-6-11(20-3)12(7-10)21-14(15)16/h5-7,9,14,17H,4,8H2,1-3H3,(H,18,19). The van der Waals surface area contributed by atoms with Crippen LogP contribution in [0.25, 0.3) is 0 Å². The topological polar surface area (TPSA) is 59.6 Å². The smallest absolute Gasteiger partial charge is 0.387 e. The van der Waals surface area contributed by atoms with Crippen LogP contribution in [-0.2, 0) is 4.79 Å². The first-order valence-electron chi connectivity index (χ1n) is 6.62. The highest BCUT2D eigenvalue weighted by Crippen LogP contribution is 2.31. The molecular weight excluding hydrogens is 282 g/mol. The summed E-state index contributed by atoms with van der Waals surface area (Å²) in [4.78, 5) is 11.7. The predicted molar refractivity (Wildman–Crippen MR) is 76.0 cm³/mol. The summed E-state index contributed by atoms with van der Waals surface area (Å²) in [6, 6.07) is 4.53. The van der Waals surface area contributed by atoms with E-state index in [1.807, 2.05) is 13.8 Å². The Hall–Kier alpha value is -1.89. The molecule has 0 aliphatic rings. The molecule has 1 aromatic rings. The van der Waals surface area contributed by atoms with E-state index in [1.54, 1.807) is 6.07 Å². The zero-order valence-corrected chi connectivity index (χ0v) is 12.3. The van der Waals surface area contributed by atoms with Crippen molar-refractivity contribution in [3.8, 4) is 11.5 Å². The van der Waals surface area contributed by atoms with E-state index in [-0.39, 0.29) is 30.0 Å². The molecule has 1 amide bonds. The van der Waals surface area contributed by atoms with Gasteiger partial charge >= 0.3 is 6.61 Å². The molecule has 0 saturated heterocycles. The van der Waals surface area contributed by atoms with E-state index in [4.69, 9.17) is 4.74 Å². The molecule has 0 aliphatic carbocycles. The Morgan fingerprint density at radius 1 is 1.33 bits per heavy atom. The first kappa shape index (κ1) is 17.2. The number of rotatable bonds is 8. The SMILES string of the molecule is CCC(C)NCC(=O)Nc1ccc(OC)c(OC(F)F)c1. The number of nitrogens with one attached hydrogen (secondary N) is 2. The third-order valence-corrected chi connectivity index (χ3v) is 2.89. The molecular formula is C14H20F2N2O3. The van der Waals surface area contributed by atoms with Crippen LogP contribution in [0.5, 0.6) is 11.5 Å². The van der Waals surface area contributed by atoms with Crippen LogP contribution in [0.2, 0.25) is 0 Å². The molecule has 0 spiro atoms. The van der Waals surface area contributed by atoms with Gasteiger partial charge in [0.25, 0.3) is 0 Å². The van der Waals surface area contributed by atoms with Crippen molar-refractivity contribution in [2.24, 2.45) is 0 Å². The number of alkyl halides is 2.